The first-order valence-electron chi connectivity index (χ1n) is 10.3. The van der Waals surface area contributed by atoms with Crippen LogP contribution in [0.25, 0.3) is 0 Å². The Kier molecular flexibility index (Phi) is 7.42. The largest absolute Gasteiger partial charge is 0.351 e. The molecular formula is C18H32N6O3S. The smallest absolute Gasteiger partial charge is 0.273 e. The van der Waals surface area contributed by atoms with Gasteiger partial charge in [0.15, 0.2) is 5.69 Å². The highest BCUT2D eigenvalue weighted by Gasteiger charge is 2.29. The van der Waals surface area contributed by atoms with E-state index in [1.807, 2.05) is 0 Å². The van der Waals surface area contributed by atoms with Crippen molar-refractivity contribution < 1.29 is 13.2 Å². The molecule has 1 aromatic heterocycles. The van der Waals surface area contributed by atoms with E-state index in [-0.39, 0.29) is 11.9 Å². The first-order valence-corrected chi connectivity index (χ1v) is 12.2. The Bertz CT molecular complexity index is 744. The molecule has 2 aliphatic rings. The fraction of sp³-hybridized carbons (Fsp3) is 0.833. The maximum atomic E-state index is 12.2. The second-order valence-electron chi connectivity index (χ2n) is 7.84. The standard InChI is InChI=1S/C18H32N6O3S/c1-28(26,27)24-13-3-2-7-16(24)8-14-23-15-17(20-21-23)18(25)19-9-6-12-22-10-4-5-11-22/h15-16H,2-14H2,1H3,(H,19,25). The lowest BCUT2D eigenvalue weighted by Crippen LogP contribution is -2.43. The summed E-state index contributed by atoms with van der Waals surface area (Å²) in [6.07, 6.45) is 9.89. The van der Waals surface area contributed by atoms with Gasteiger partial charge < -0.3 is 10.2 Å². The Morgan fingerprint density at radius 3 is 2.68 bits per heavy atom. The lowest BCUT2D eigenvalue weighted by Gasteiger charge is -2.33. The zero-order valence-electron chi connectivity index (χ0n) is 16.7. The number of hydrogen-bond donors (Lipinski definition) is 1. The third-order valence-corrected chi connectivity index (χ3v) is 6.93. The SMILES string of the molecule is CS(=O)(=O)N1CCCCC1CCn1cc(C(=O)NCCCN2CCCC2)nn1. The van der Waals surface area contributed by atoms with Crippen molar-refractivity contribution in [3.05, 3.63) is 11.9 Å². The van der Waals surface area contributed by atoms with Crippen molar-refractivity contribution in [1.29, 1.82) is 0 Å². The fourth-order valence-corrected chi connectivity index (χ4v) is 5.31. The molecule has 0 aromatic carbocycles. The number of aromatic nitrogens is 3. The highest BCUT2D eigenvalue weighted by Crippen LogP contribution is 2.22. The molecular weight excluding hydrogens is 380 g/mol. The van der Waals surface area contributed by atoms with Crippen molar-refractivity contribution in [3.8, 4) is 0 Å². The van der Waals surface area contributed by atoms with Crippen LogP contribution in [0, 0.1) is 0 Å². The third-order valence-electron chi connectivity index (χ3n) is 5.60. The molecule has 1 aromatic rings. The van der Waals surface area contributed by atoms with Gasteiger partial charge in [0.05, 0.1) is 12.5 Å². The molecule has 1 amide bonds. The molecule has 0 aliphatic carbocycles. The van der Waals surface area contributed by atoms with Crippen LogP contribution in [-0.2, 0) is 16.6 Å². The van der Waals surface area contributed by atoms with E-state index in [0.29, 0.717) is 31.7 Å². The molecule has 3 rings (SSSR count). The number of amides is 1. The number of sulfonamides is 1. The van der Waals surface area contributed by atoms with Gasteiger partial charge in [0.2, 0.25) is 10.0 Å². The van der Waals surface area contributed by atoms with E-state index in [4.69, 9.17) is 0 Å². The van der Waals surface area contributed by atoms with E-state index in [1.54, 1.807) is 15.2 Å². The van der Waals surface area contributed by atoms with E-state index >= 15 is 0 Å². The molecule has 10 heteroatoms. The molecule has 1 unspecified atom stereocenters. The van der Waals surface area contributed by atoms with E-state index in [1.165, 1.54) is 32.2 Å². The molecule has 158 valence electrons. The average molecular weight is 413 g/mol. The molecule has 1 N–H and O–H groups in total. The molecule has 2 fully saturated rings. The number of carbonyl (C=O) groups is 1. The highest BCUT2D eigenvalue weighted by molar-refractivity contribution is 7.88. The molecule has 0 spiro atoms. The molecule has 9 nitrogen and oxygen atoms in total. The number of nitrogens with one attached hydrogen (secondary N) is 1. The van der Waals surface area contributed by atoms with Crippen LogP contribution < -0.4 is 5.32 Å². The number of likely N-dealkylation sites (tertiary alicyclic amines) is 1. The predicted molar refractivity (Wildman–Crippen MR) is 106 cm³/mol. The summed E-state index contributed by atoms with van der Waals surface area (Å²) in [5.41, 5.74) is 0.310. The van der Waals surface area contributed by atoms with Gasteiger partial charge in [0.1, 0.15) is 0 Å². The van der Waals surface area contributed by atoms with Gasteiger partial charge in [0.25, 0.3) is 5.91 Å². The molecule has 3 heterocycles. The zero-order valence-corrected chi connectivity index (χ0v) is 17.5. The average Bonchev–Trinajstić information content (AvgIpc) is 3.35. The summed E-state index contributed by atoms with van der Waals surface area (Å²) in [5, 5.41) is 10.9. The van der Waals surface area contributed by atoms with Crippen LogP contribution >= 0.6 is 0 Å². The van der Waals surface area contributed by atoms with Crippen molar-refractivity contribution in [1.82, 2.24) is 29.5 Å². The number of carbonyl (C=O) groups excluding carboxylic acids is 1. The molecule has 0 bridgehead atoms. The quantitative estimate of drug-likeness (QED) is 0.599. The zero-order chi connectivity index (χ0) is 20.0. The second kappa shape index (κ2) is 9.80. The molecule has 2 aliphatic heterocycles. The van der Waals surface area contributed by atoms with Crippen LogP contribution in [0.1, 0.15) is 55.4 Å². The molecule has 0 radical (unpaired) electrons. The summed E-state index contributed by atoms with van der Waals surface area (Å²) in [7, 11) is -3.19. The Balaban J connectivity index is 1.42. The summed E-state index contributed by atoms with van der Waals surface area (Å²) >= 11 is 0. The van der Waals surface area contributed by atoms with Gasteiger partial charge in [0, 0.05) is 25.7 Å². The summed E-state index contributed by atoms with van der Waals surface area (Å²) in [6.45, 7) is 5.12. The minimum atomic E-state index is -3.19. The van der Waals surface area contributed by atoms with Crippen LogP contribution in [-0.4, -0.2) is 83.5 Å². The Labute approximate surface area is 167 Å². The lowest BCUT2D eigenvalue weighted by molar-refractivity contribution is 0.0947. The number of nitrogens with zero attached hydrogens (tertiary/aromatic N) is 5. The van der Waals surface area contributed by atoms with Gasteiger partial charge in [-0.15, -0.1) is 5.10 Å². The van der Waals surface area contributed by atoms with Gasteiger partial charge in [-0.25, -0.2) is 8.42 Å². The van der Waals surface area contributed by atoms with Crippen molar-refractivity contribution in [3.63, 3.8) is 0 Å². The molecule has 28 heavy (non-hydrogen) atoms. The Morgan fingerprint density at radius 1 is 1.18 bits per heavy atom. The number of rotatable bonds is 9. The maximum absolute atomic E-state index is 12.2. The normalized spacial score (nSPS) is 21.8. The van der Waals surface area contributed by atoms with Crippen LogP contribution in [0.3, 0.4) is 0 Å². The van der Waals surface area contributed by atoms with Gasteiger partial charge >= 0.3 is 0 Å². The summed E-state index contributed by atoms with van der Waals surface area (Å²) in [4.78, 5) is 14.6. The van der Waals surface area contributed by atoms with Crippen LogP contribution in [0.5, 0.6) is 0 Å². The van der Waals surface area contributed by atoms with Gasteiger partial charge in [-0.05, 0) is 58.2 Å². The third kappa shape index (κ3) is 5.99. The number of piperidine rings is 1. The van der Waals surface area contributed by atoms with Crippen molar-refractivity contribution in [2.24, 2.45) is 0 Å². The Morgan fingerprint density at radius 2 is 1.93 bits per heavy atom. The summed E-state index contributed by atoms with van der Waals surface area (Å²) in [5.74, 6) is -0.205. The lowest BCUT2D eigenvalue weighted by atomic mass is 10.0. The molecule has 2 saturated heterocycles. The topological polar surface area (TPSA) is 100 Å². The number of aryl methyl sites for hydroxylation is 1. The molecule has 0 saturated carbocycles. The van der Waals surface area contributed by atoms with E-state index in [9.17, 15) is 13.2 Å². The summed E-state index contributed by atoms with van der Waals surface area (Å²) in [6, 6.07) is -0.00388. The van der Waals surface area contributed by atoms with Gasteiger partial charge in [-0.3, -0.25) is 9.48 Å². The Hall–Kier alpha value is -1.52. The van der Waals surface area contributed by atoms with Gasteiger partial charge in [-0.1, -0.05) is 11.6 Å². The van der Waals surface area contributed by atoms with E-state index < -0.39 is 10.0 Å². The van der Waals surface area contributed by atoms with E-state index in [2.05, 4.69) is 20.5 Å². The molecule has 1 atom stereocenters. The van der Waals surface area contributed by atoms with Crippen molar-refractivity contribution in [2.75, 3.05) is 39.0 Å². The van der Waals surface area contributed by atoms with Gasteiger partial charge in [-0.2, -0.15) is 4.31 Å². The van der Waals surface area contributed by atoms with Crippen LogP contribution in [0.2, 0.25) is 0 Å². The predicted octanol–water partition coefficient (Wildman–Crippen LogP) is 0.698. The minimum absolute atomic E-state index is 0.00388. The van der Waals surface area contributed by atoms with Crippen molar-refractivity contribution >= 4 is 15.9 Å². The van der Waals surface area contributed by atoms with Crippen LogP contribution in [0.4, 0.5) is 0 Å². The monoisotopic (exact) mass is 412 g/mol. The number of hydrogen-bond acceptors (Lipinski definition) is 6. The maximum Gasteiger partial charge on any atom is 0.273 e. The van der Waals surface area contributed by atoms with Crippen LogP contribution in [0.15, 0.2) is 6.20 Å². The first kappa shape index (κ1) is 21.2. The van der Waals surface area contributed by atoms with Crippen molar-refractivity contribution in [2.45, 2.75) is 57.5 Å². The second-order valence-corrected chi connectivity index (χ2v) is 9.77. The highest BCUT2D eigenvalue weighted by atomic mass is 32.2. The summed E-state index contributed by atoms with van der Waals surface area (Å²) < 4.78 is 27.1. The first-order chi connectivity index (χ1) is 13.4. The minimum Gasteiger partial charge on any atom is -0.351 e. The fourth-order valence-electron chi connectivity index (χ4n) is 4.09. The van der Waals surface area contributed by atoms with E-state index in [0.717, 1.165) is 32.2 Å².